The van der Waals surface area contributed by atoms with E-state index in [-0.39, 0.29) is 17.7 Å². The number of benzene rings is 2. The number of carbonyl (C=O) groups is 2. The van der Waals surface area contributed by atoms with E-state index in [0.29, 0.717) is 19.6 Å². The first kappa shape index (κ1) is 21.5. The Kier molecular flexibility index (Phi) is 8.05. The van der Waals surface area contributed by atoms with Crippen molar-refractivity contribution in [3.63, 3.8) is 0 Å². The average Bonchev–Trinajstić information content (AvgIpc) is 2.65. The molecule has 2 aromatic carbocycles. The number of hydrogen-bond acceptors (Lipinski definition) is 3. The summed E-state index contributed by atoms with van der Waals surface area (Å²) in [4.78, 5) is 26.9. The fourth-order valence-corrected chi connectivity index (χ4v) is 2.86. The van der Waals surface area contributed by atoms with Crippen molar-refractivity contribution < 1.29 is 14.3 Å². The number of likely N-dealkylation sites (N-methyl/N-ethyl adjacent to an activating group) is 1. The van der Waals surface area contributed by atoms with Crippen molar-refractivity contribution in [1.82, 2.24) is 10.2 Å². The van der Waals surface area contributed by atoms with Gasteiger partial charge >= 0.3 is 0 Å². The summed E-state index contributed by atoms with van der Waals surface area (Å²) in [5.41, 5.74) is 1.90. The number of rotatable bonds is 9. The maximum atomic E-state index is 13.0. The molecule has 150 valence electrons. The van der Waals surface area contributed by atoms with Crippen molar-refractivity contribution in [2.45, 2.75) is 33.2 Å². The molecule has 0 aliphatic rings. The molecule has 0 saturated heterocycles. The minimum Gasteiger partial charge on any atom is -0.492 e. The molecule has 0 radical (unpaired) electrons. The predicted octanol–water partition coefficient (Wildman–Crippen LogP) is 3.74. The van der Waals surface area contributed by atoms with Crippen molar-refractivity contribution in [3.8, 4) is 5.75 Å². The molecule has 5 heteroatoms. The maximum Gasteiger partial charge on any atom is 0.249 e. The maximum absolute atomic E-state index is 13.0. The monoisotopic (exact) mass is 382 g/mol. The molecule has 1 N–H and O–H groups in total. The molecule has 5 nitrogen and oxygen atoms in total. The van der Waals surface area contributed by atoms with Crippen LogP contribution in [0.2, 0.25) is 0 Å². The summed E-state index contributed by atoms with van der Waals surface area (Å²) < 4.78 is 5.75. The van der Waals surface area contributed by atoms with Crippen LogP contribution in [-0.4, -0.2) is 36.9 Å². The normalized spacial score (nSPS) is 11.8. The summed E-state index contributed by atoms with van der Waals surface area (Å²) >= 11 is 0. The molecule has 0 fully saturated rings. The standard InChI is InChI=1S/C23H30N2O3/c1-17(2)15-21(26)24-22(19-10-6-5-7-11-19)23(27)25(4)13-14-28-20-12-8-9-18(3)16-20/h5-12,16-17,22H,13-15H2,1-4H3,(H,24,26). The van der Waals surface area contributed by atoms with Gasteiger partial charge in [-0.15, -0.1) is 0 Å². The van der Waals surface area contributed by atoms with Gasteiger partial charge in [0.25, 0.3) is 0 Å². The summed E-state index contributed by atoms with van der Waals surface area (Å²) in [6.45, 7) is 6.78. The third-order valence-corrected chi connectivity index (χ3v) is 4.34. The summed E-state index contributed by atoms with van der Waals surface area (Å²) in [5.74, 6) is 0.732. The van der Waals surface area contributed by atoms with Gasteiger partial charge < -0.3 is 15.0 Å². The second-order valence-electron chi connectivity index (χ2n) is 7.43. The summed E-state index contributed by atoms with van der Waals surface area (Å²) in [6, 6.07) is 16.4. The Morgan fingerprint density at radius 2 is 1.79 bits per heavy atom. The molecular formula is C23H30N2O3. The van der Waals surface area contributed by atoms with Gasteiger partial charge in [0.15, 0.2) is 0 Å². The van der Waals surface area contributed by atoms with Crippen LogP contribution in [0.1, 0.15) is 37.4 Å². The molecule has 0 saturated carbocycles. The topological polar surface area (TPSA) is 58.6 Å². The molecule has 28 heavy (non-hydrogen) atoms. The van der Waals surface area contributed by atoms with Crippen molar-refractivity contribution >= 4 is 11.8 Å². The highest BCUT2D eigenvalue weighted by Gasteiger charge is 2.25. The molecule has 0 heterocycles. The fourth-order valence-electron chi connectivity index (χ4n) is 2.86. The molecular weight excluding hydrogens is 352 g/mol. The first-order valence-corrected chi connectivity index (χ1v) is 9.65. The SMILES string of the molecule is Cc1cccc(OCCN(C)C(=O)C(NC(=O)CC(C)C)c2ccccc2)c1. The fraction of sp³-hybridized carbons (Fsp3) is 0.391. The lowest BCUT2D eigenvalue weighted by Crippen LogP contribution is -2.42. The third-order valence-electron chi connectivity index (χ3n) is 4.34. The number of nitrogens with zero attached hydrogens (tertiary/aromatic N) is 1. The highest BCUT2D eigenvalue weighted by Crippen LogP contribution is 2.17. The number of nitrogens with one attached hydrogen (secondary N) is 1. The largest absolute Gasteiger partial charge is 0.492 e. The summed E-state index contributed by atoms with van der Waals surface area (Å²) in [6.07, 6.45) is 0.386. The smallest absolute Gasteiger partial charge is 0.249 e. The number of aryl methyl sites for hydroxylation is 1. The zero-order valence-corrected chi connectivity index (χ0v) is 17.1. The quantitative estimate of drug-likeness (QED) is 0.719. The van der Waals surface area contributed by atoms with Gasteiger partial charge in [-0.3, -0.25) is 9.59 Å². The molecule has 0 aliphatic heterocycles. The highest BCUT2D eigenvalue weighted by atomic mass is 16.5. The Bertz CT molecular complexity index is 774. The first-order chi connectivity index (χ1) is 13.4. The lowest BCUT2D eigenvalue weighted by atomic mass is 10.0. The Morgan fingerprint density at radius 3 is 2.43 bits per heavy atom. The van der Waals surface area contributed by atoms with E-state index >= 15 is 0 Å². The van der Waals surface area contributed by atoms with Gasteiger partial charge in [-0.1, -0.05) is 56.3 Å². The Hall–Kier alpha value is -2.82. The molecule has 2 rings (SSSR count). The lowest BCUT2D eigenvalue weighted by molar-refractivity contribution is -0.136. The summed E-state index contributed by atoms with van der Waals surface area (Å²) in [5, 5.41) is 2.89. The Morgan fingerprint density at radius 1 is 1.07 bits per heavy atom. The molecule has 1 atom stereocenters. The second-order valence-corrected chi connectivity index (χ2v) is 7.43. The van der Waals surface area contributed by atoms with Gasteiger partial charge in [0.05, 0.1) is 6.54 Å². The molecule has 0 aromatic heterocycles. The van der Waals surface area contributed by atoms with Gasteiger partial charge in [-0.05, 0) is 36.1 Å². The van der Waals surface area contributed by atoms with Crippen LogP contribution in [0.5, 0.6) is 5.75 Å². The minimum absolute atomic E-state index is 0.124. The number of hydrogen-bond donors (Lipinski definition) is 1. The average molecular weight is 383 g/mol. The van der Waals surface area contributed by atoms with E-state index in [4.69, 9.17) is 4.74 Å². The van der Waals surface area contributed by atoms with E-state index < -0.39 is 6.04 Å². The van der Waals surface area contributed by atoms with Gasteiger partial charge in [-0.2, -0.15) is 0 Å². The molecule has 0 spiro atoms. The van der Waals surface area contributed by atoms with Crippen molar-refractivity contribution in [3.05, 3.63) is 65.7 Å². The number of amides is 2. The van der Waals surface area contributed by atoms with E-state index in [2.05, 4.69) is 5.32 Å². The van der Waals surface area contributed by atoms with Crippen molar-refractivity contribution in [2.75, 3.05) is 20.2 Å². The van der Waals surface area contributed by atoms with E-state index in [0.717, 1.165) is 16.9 Å². The zero-order valence-electron chi connectivity index (χ0n) is 17.1. The molecule has 2 aromatic rings. The third kappa shape index (κ3) is 6.72. The highest BCUT2D eigenvalue weighted by molar-refractivity contribution is 5.88. The van der Waals surface area contributed by atoms with Crippen LogP contribution in [-0.2, 0) is 9.59 Å². The predicted molar refractivity (Wildman–Crippen MR) is 111 cm³/mol. The molecule has 2 amide bonds. The molecule has 0 aliphatic carbocycles. The van der Waals surface area contributed by atoms with Gasteiger partial charge in [0.2, 0.25) is 11.8 Å². The minimum atomic E-state index is -0.698. The van der Waals surface area contributed by atoms with Gasteiger partial charge in [0.1, 0.15) is 18.4 Å². The van der Waals surface area contributed by atoms with Crippen LogP contribution in [0.15, 0.2) is 54.6 Å². The van der Waals surface area contributed by atoms with Crippen molar-refractivity contribution in [1.29, 1.82) is 0 Å². The number of ether oxygens (including phenoxy) is 1. The summed E-state index contributed by atoms with van der Waals surface area (Å²) in [7, 11) is 1.73. The second kappa shape index (κ2) is 10.5. The van der Waals surface area contributed by atoms with E-state index in [1.54, 1.807) is 11.9 Å². The van der Waals surface area contributed by atoms with Crippen molar-refractivity contribution in [2.24, 2.45) is 5.92 Å². The van der Waals surface area contributed by atoms with E-state index in [1.807, 2.05) is 75.4 Å². The van der Waals surface area contributed by atoms with Gasteiger partial charge in [-0.25, -0.2) is 0 Å². The zero-order chi connectivity index (χ0) is 20.5. The Labute approximate surface area is 167 Å². The molecule has 0 bridgehead atoms. The van der Waals surface area contributed by atoms with Crippen LogP contribution < -0.4 is 10.1 Å². The lowest BCUT2D eigenvalue weighted by Gasteiger charge is -2.25. The van der Waals surface area contributed by atoms with Crippen LogP contribution >= 0.6 is 0 Å². The van der Waals surface area contributed by atoms with Gasteiger partial charge in [0, 0.05) is 13.5 Å². The first-order valence-electron chi connectivity index (χ1n) is 9.65. The van der Waals surface area contributed by atoms with Crippen LogP contribution in [0.4, 0.5) is 0 Å². The van der Waals surface area contributed by atoms with Crippen LogP contribution in [0.3, 0.4) is 0 Å². The van der Waals surface area contributed by atoms with E-state index in [1.165, 1.54) is 0 Å². The van der Waals surface area contributed by atoms with Crippen LogP contribution in [0, 0.1) is 12.8 Å². The number of carbonyl (C=O) groups excluding carboxylic acids is 2. The molecule has 1 unspecified atom stereocenters. The van der Waals surface area contributed by atoms with E-state index in [9.17, 15) is 9.59 Å². The Balaban J connectivity index is 2.00. The van der Waals surface area contributed by atoms with Crippen LogP contribution in [0.25, 0.3) is 0 Å².